The first-order valence-corrected chi connectivity index (χ1v) is 6.59. The molecule has 0 saturated carbocycles. The van der Waals surface area contributed by atoms with E-state index in [9.17, 15) is 14.9 Å². The molecule has 1 N–H and O–H groups in total. The molecule has 1 aliphatic rings. The number of amides is 1. The number of nitro benzene ring substituents is 1. The summed E-state index contributed by atoms with van der Waals surface area (Å²) in [5, 5.41) is 10.7. The van der Waals surface area contributed by atoms with E-state index in [1.807, 2.05) is 0 Å². The summed E-state index contributed by atoms with van der Waals surface area (Å²) >= 11 is 0. The summed E-state index contributed by atoms with van der Waals surface area (Å²) < 4.78 is 0. The van der Waals surface area contributed by atoms with Crippen molar-refractivity contribution in [1.82, 2.24) is 4.90 Å². The van der Waals surface area contributed by atoms with E-state index in [1.165, 1.54) is 23.1 Å². The van der Waals surface area contributed by atoms with Crippen LogP contribution in [0.5, 0.6) is 0 Å². The third kappa shape index (κ3) is 3.64. The van der Waals surface area contributed by atoms with Gasteiger partial charge in [-0.2, -0.15) is 0 Å². The van der Waals surface area contributed by atoms with Gasteiger partial charge in [-0.25, -0.2) is 0 Å². The van der Waals surface area contributed by atoms with E-state index >= 15 is 0 Å². The minimum absolute atomic E-state index is 0.0304. The minimum atomic E-state index is -0.442. The number of benzene rings is 1. The predicted molar refractivity (Wildman–Crippen MR) is 75.3 cm³/mol. The first kappa shape index (κ1) is 14.2. The van der Waals surface area contributed by atoms with Crippen LogP contribution in [0.15, 0.2) is 30.3 Å². The van der Waals surface area contributed by atoms with Crippen molar-refractivity contribution < 1.29 is 14.6 Å². The highest BCUT2D eigenvalue weighted by atomic mass is 16.6. The molecule has 20 heavy (non-hydrogen) atoms. The molecule has 1 aliphatic heterocycles. The van der Waals surface area contributed by atoms with E-state index in [0.29, 0.717) is 5.56 Å². The Kier molecular flexibility index (Phi) is 4.47. The molecule has 106 valence electrons. The van der Waals surface area contributed by atoms with Crippen molar-refractivity contribution in [2.24, 2.45) is 0 Å². The van der Waals surface area contributed by atoms with Gasteiger partial charge in [0.2, 0.25) is 5.91 Å². The lowest BCUT2D eigenvalue weighted by Crippen LogP contribution is -3.12. The van der Waals surface area contributed by atoms with Gasteiger partial charge in [-0.1, -0.05) is 12.1 Å². The van der Waals surface area contributed by atoms with Crippen molar-refractivity contribution in [1.29, 1.82) is 0 Å². The van der Waals surface area contributed by atoms with E-state index in [-0.39, 0.29) is 11.6 Å². The lowest BCUT2D eigenvalue weighted by molar-refractivity contribution is -0.883. The summed E-state index contributed by atoms with van der Waals surface area (Å²) in [5.74, 6) is -0.0380. The second-order valence-corrected chi connectivity index (χ2v) is 4.97. The molecule has 1 amide bonds. The molecular weight excluding hydrogens is 258 g/mol. The molecule has 0 spiro atoms. The molecule has 1 saturated heterocycles. The van der Waals surface area contributed by atoms with Gasteiger partial charge in [-0.15, -0.1) is 0 Å². The second-order valence-electron chi connectivity index (χ2n) is 4.97. The topological polar surface area (TPSA) is 67.9 Å². The Hall–Kier alpha value is -2.21. The van der Waals surface area contributed by atoms with Crippen LogP contribution in [0.3, 0.4) is 0 Å². The van der Waals surface area contributed by atoms with Gasteiger partial charge in [0, 0.05) is 18.2 Å². The molecule has 0 aromatic heterocycles. The quantitative estimate of drug-likeness (QED) is 0.479. The Morgan fingerprint density at radius 3 is 2.75 bits per heavy atom. The van der Waals surface area contributed by atoms with Gasteiger partial charge in [0.25, 0.3) is 5.69 Å². The Balaban J connectivity index is 2.00. The smallest absolute Gasteiger partial charge is 0.270 e. The number of quaternary nitrogens is 1. The maximum absolute atomic E-state index is 12.0. The Bertz CT molecular complexity index is 534. The van der Waals surface area contributed by atoms with Gasteiger partial charge in [-0.05, 0) is 11.6 Å². The fourth-order valence-electron chi connectivity index (χ4n) is 2.12. The zero-order chi connectivity index (χ0) is 14.5. The highest BCUT2D eigenvalue weighted by Crippen LogP contribution is 2.14. The summed E-state index contributed by atoms with van der Waals surface area (Å²) in [6.07, 6.45) is 3.11. The summed E-state index contributed by atoms with van der Waals surface area (Å²) in [6.45, 7) is 3.42. The van der Waals surface area contributed by atoms with Crippen molar-refractivity contribution in [3.05, 3.63) is 46.0 Å². The lowest BCUT2D eigenvalue weighted by atomic mass is 10.2. The Morgan fingerprint density at radius 2 is 2.10 bits per heavy atom. The van der Waals surface area contributed by atoms with Crippen LogP contribution in [0, 0.1) is 10.1 Å². The number of likely N-dealkylation sites (N-methyl/N-ethyl adjacent to an activating group) is 1. The number of carbonyl (C=O) groups excluding carboxylic acids is 1. The fraction of sp³-hybridized carbons (Fsp3) is 0.357. The Morgan fingerprint density at radius 1 is 1.40 bits per heavy atom. The number of nitro groups is 1. The lowest BCUT2D eigenvalue weighted by Gasteiger charge is -2.29. The third-order valence-electron chi connectivity index (χ3n) is 3.43. The summed E-state index contributed by atoms with van der Waals surface area (Å²) in [7, 11) is 2.11. The molecule has 0 radical (unpaired) electrons. The summed E-state index contributed by atoms with van der Waals surface area (Å²) in [6, 6.07) is 6.24. The fourth-order valence-corrected chi connectivity index (χ4v) is 2.12. The molecule has 0 bridgehead atoms. The Labute approximate surface area is 117 Å². The van der Waals surface area contributed by atoms with Crippen LogP contribution >= 0.6 is 0 Å². The van der Waals surface area contributed by atoms with Crippen LogP contribution < -0.4 is 4.90 Å². The normalized spacial score (nSPS) is 16.6. The highest BCUT2D eigenvalue weighted by molar-refractivity contribution is 5.91. The molecule has 6 nitrogen and oxygen atoms in total. The minimum Gasteiger partial charge on any atom is -0.334 e. The molecule has 0 aliphatic carbocycles. The van der Waals surface area contributed by atoms with Crippen LogP contribution in [0.1, 0.15) is 5.56 Å². The monoisotopic (exact) mass is 276 g/mol. The summed E-state index contributed by atoms with van der Waals surface area (Å²) in [4.78, 5) is 25.5. The zero-order valence-electron chi connectivity index (χ0n) is 11.4. The van der Waals surface area contributed by atoms with Crippen molar-refractivity contribution in [2.75, 3.05) is 33.2 Å². The van der Waals surface area contributed by atoms with Crippen molar-refractivity contribution >= 4 is 17.7 Å². The number of nitrogens with one attached hydrogen (secondary N) is 1. The maximum Gasteiger partial charge on any atom is 0.270 e. The summed E-state index contributed by atoms with van der Waals surface area (Å²) in [5.41, 5.74) is 0.690. The van der Waals surface area contributed by atoms with E-state index in [0.717, 1.165) is 26.2 Å². The van der Waals surface area contributed by atoms with Gasteiger partial charge in [0.05, 0.1) is 38.2 Å². The molecule has 0 atom stereocenters. The third-order valence-corrected chi connectivity index (χ3v) is 3.43. The maximum atomic E-state index is 12.0. The van der Waals surface area contributed by atoms with Crippen LogP contribution in [-0.2, 0) is 4.79 Å². The molecule has 1 heterocycles. The molecule has 2 rings (SSSR count). The molecule has 0 unspecified atom stereocenters. The molecule has 1 aromatic carbocycles. The first-order valence-electron chi connectivity index (χ1n) is 6.59. The predicted octanol–water partition coefficient (Wildman–Crippen LogP) is -0.0351. The zero-order valence-corrected chi connectivity index (χ0v) is 11.4. The van der Waals surface area contributed by atoms with Gasteiger partial charge in [0.1, 0.15) is 0 Å². The van der Waals surface area contributed by atoms with Crippen LogP contribution in [-0.4, -0.2) is 49.0 Å². The van der Waals surface area contributed by atoms with E-state index in [1.54, 1.807) is 23.1 Å². The molecule has 1 fully saturated rings. The molecule has 1 aromatic rings. The first-order chi connectivity index (χ1) is 9.56. The molecule has 6 heteroatoms. The average molecular weight is 276 g/mol. The number of non-ortho nitro benzene ring substituents is 1. The highest BCUT2D eigenvalue weighted by Gasteiger charge is 2.19. The number of hydrogen-bond donors (Lipinski definition) is 1. The second kappa shape index (κ2) is 6.29. The SMILES string of the molecule is C[NH+]1CCN(C(=O)/C=C/c2cccc([N+](=O)[O-])c2)CC1. The average Bonchev–Trinajstić information content (AvgIpc) is 2.46. The van der Waals surface area contributed by atoms with Gasteiger partial charge in [-0.3, -0.25) is 14.9 Å². The standard InChI is InChI=1S/C14H17N3O3/c1-15-7-9-16(10-8-15)14(18)6-5-12-3-2-4-13(11-12)17(19)20/h2-6,11H,7-10H2,1H3/p+1/b6-5+. The van der Waals surface area contributed by atoms with Gasteiger partial charge < -0.3 is 9.80 Å². The van der Waals surface area contributed by atoms with E-state index < -0.39 is 4.92 Å². The van der Waals surface area contributed by atoms with Crippen molar-refractivity contribution in [3.8, 4) is 0 Å². The van der Waals surface area contributed by atoms with Gasteiger partial charge in [0.15, 0.2) is 0 Å². The van der Waals surface area contributed by atoms with Crippen LogP contribution in [0.25, 0.3) is 6.08 Å². The molecular formula is C14H18N3O3+. The van der Waals surface area contributed by atoms with Crippen LogP contribution in [0.2, 0.25) is 0 Å². The largest absolute Gasteiger partial charge is 0.334 e. The van der Waals surface area contributed by atoms with E-state index in [4.69, 9.17) is 0 Å². The van der Waals surface area contributed by atoms with Crippen LogP contribution in [0.4, 0.5) is 5.69 Å². The van der Waals surface area contributed by atoms with Crippen molar-refractivity contribution in [2.45, 2.75) is 0 Å². The van der Waals surface area contributed by atoms with Gasteiger partial charge >= 0.3 is 0 Å². The number of piperazine rings is 1. The number of rotatable bonds is 3. The number of carbonyl (C=O) groups is 1. The van der Waals surface area contributed by atoms with Crippen molar-refractivity contribution in [3.63, 3.8) is 0 Å². The number of hydrogen-bond acceptors (Lipinski definition) is 3. The number of nitrogens with zero attached hydrogens (tertiary/aromatic N) is 2. The van der Waals surface area contributed by atoms with E-state index in [2.05, 4.69) is 7.05 Å².